The van der Waals surface area contributed by atoms with E-state index in [1.165, 1.54) is 12.1 Å². The van der Waals surface area contributed by atoms with Gasteiger partial charge in [-0.3, -0.25) is 0 Å². The monoisotopic (exact) mass is 293 g/mol. The van der Waals surface area contributed by atoms with Gasteiger partial charge >= 0.3 is 11.6 Å². The van der Waals surface area contributed by atoms with Crippen molar-refractivity contribution in [2.45, 2.75) is 12.8 Å². The molecule has 2 rings (SSSR count). The molecule has 0 N–H and O–H groups in total. The number of aliphatic carboxylic acids is 1. The summed E-state index contributed by atoms with van der Waals surface area (Å²) in [5.41, 5.74) is -1.13. The molecule has 0 fully saturated rings. The molecule has 0 aliphatic heterocycles. The minimum atomic E-state index is -1.26. The van der Waals surface area contributed by atoms with Crippen molar-refractivity contribution in [3.05, 3.63) is 46.1 Å². The van der Waals surface area contributed by atoms with Crippen LogP contribution in [0.3, 0.4) is 0 Å². The zero-order chi connectivity index (χ0) is 15.4. The Balaban J connectivity index is 2.17. The van der Waals surface area contributed by atoms with Crippen LogP contribution < -0.4 is 10.7 Å². The molecule has 110 valence electrons. The van der Waals surface area contributed by atoms with Gasteiger partial charge in [0, 0.05) is 11.4 Å². The number of hydrogen-bond donors (Lipinski definition) is 0. The molecule has 0 aliphatic rings. The predicted octanol–water partition coefficient (Wildman–Crippen LogP) is 0.619. The van der Waals surface area contributed by atoms with Crippen LogP contribution in [0.2, 0.25) is 0 Å². The highest BCUT2D eigenvalue weighted by Gasteiger charge is 2.15. The summed E-state index contributed by atoms with van der Waals surface area (Å²) in [6.07, 6.45) is -0.188. The molecule has 0 unspecified atom stereocenters. The summed E-state index contributed by atoms with van der Waals surface area (Å²) in [5, 5.41) is 10.4. The van der Waals surface area contributed by atoms with Crippen molar-refractivity contribution in [2.24, 2.45) is 0 Å². The van der Waals surface area contributed by atoms with Crippen LogP contribution in [0.15, 0.2) is 33.5 Å². The van der Waals surface area contributed by atoms with E-state index in [1.54, 1.807) is 0 Å². The van der Waals surface area contributed by atoms with Crippen LogP contribution in [0.1, 0.15) is 23.2 Å². The lowest BCUT2D eigenvalue weighted by molar-refractivity contribution is -0.305. The van der Waals surface area contributed by atoms with Crippen molar-refractivity contribution in [1.29, 1.82) is 0 Å². The van der Waals surface area contributed by atoms with Gasteiger partial charge in [0.1, 0.15) is 17.0 Å². The fraction of sp³-hybridized carbons (Fsp3) is 0.214. The second kappa shape index (κ2) is 6.17. The smallest absolute Gasteiger partial charge is 0.351 e. The van der Waals surface area contributed by atoms with Crippen LogP contribution in [0.25, 0.3) is 11.0 Å². The maximum atomic E-state index is 13.1. The number of benzene rings is 1. The zero-order valence-electron chi connectivity index (χ0n) is 10.8. The minimum absolute atomic E-state index is 0.0710. The number of carbonyl (C=O) groups excluding carboxylic acids is 2. The molecule has 2 aromatic rings. The molecule has 0 saturated carbocycles. The van der Waals surface area contributed by atoms with Gasteiger partial charge in [-0.15, -0.1) is 0 Å². The number of rotatable bonds is 5. The zero-order valence-corrected chi connectivity index (χ0v) is 10.8. The first-order valence-electron chi connectivity index (χ1n) is 6.08. The highest BCUT2D eigenvalue weighted by atomic mass is 19.1. The molecule has 7 heteroatoms. The lowest BCUT2D eigenvalue weighted by atomic mass is 10.2. The van der Waals surface area contributed by atoms with E-state index >= 15 is 0 Å². The van der Waals surface area contributed by atoms with Gasteiger partial charge in [0.2, 0.25) is 0 Å². The van der Waals surface area contributed by atoms with Gasteiger partial charge in [-0.05, 0) is 37.1 Å². The van der Waals surface area contributed by atoms with Gasteiger partial charge in [-0.1, -0.05) is 0 Å². The van der Waals surface area contributed by atoms with Crippen LogP contribution in [-0.2, 0) is 9.53 Å². The number of ether oxygens (including phenoxy) is 1. The normalized spacial score (nSPS) is 10.5. The lowest BCUT2D eigenvalue weighted by Crippen LogP contribution is -2.23. The van der Waals surface area contributed by atoms with E-state index in [-0.39, 0.29) is 36.0 Å². The molecule has 0 amide bonds. The fourth-order valence-corrected chi connectivity index (χ4v) is 1.70. The highest BCUT2D eigenvalue weighted by molar-refractivity contribution is 5.92. The van der Waals surface area contributed by atoms with Crippen molar-refractivity contribution < 1.29 is 28.2 Å². The molecule has 1 aromatic heterocycles. The Morgan fingerprint density at radius 3 is 2.76 bits per heavy atom. The van der Waals surface area contributed by atoms with Gasteiger partial charge in [-0.25, -0.2) is 14.0 Å². The second-order valence-corrected chi connectivity index (χ2v) is 4.24. The largest absolute Gasteiger partial charge is 0.550 e. The number of hydrogen-bond acceptors (Lipinski definition) is 6. The van der Waals surface area contributed by atoms with Gasteiger partial charge < -0.3 is 19.1 Å². The van der Waals surface area contributed by atoms with Crippen LogP contribution in [0.5, 0.6) is 0 Å². The summed E-state index contributed by atoms with van der Waals surface area (Å²) >= 11 is 0. The maximum Gasteiger partial charge on any atom is 0.351 e. The topological polar surface area (TPSA) is 96.6 Å². The molecule has 0 aliphatic carbocycles. The van der Waals surface area contributed by atoms with Crippen LogP contribution in [0, 0.1) is 5.82 Å². The third kappa shape index (κ3) is 3.65. The number of fused-ring (bicyclic) bond motifs is 1. The summed E-state index contributed by atoms with van der Waals surface area (Å²) in [7, 11) is 0. The quantitative estimate of drug-likeness (QED) is 0.455. The number of carboxylic acid groups (broad SMARTS) is 1. The van der Waals surface area contributed by atoms with Gasteiger partial charge in [0.15, 0.2) is 0 Å². The lowest BCUT2D eigenvalue weighted by Gasteiger charge is -2.05. The van der Waals surface area contributed by atoms with E-state index in [1.807, 2.05) is 0 Å². The number of carbonyl (C=O) groups is 2. The summed E-state index contributed by atoms with van der Waals surface area (Å²) in [4.78, 5) is 33.5. The van der Waals surface area contributed by atoms with E-state index in [0.29, 0.717) is 0 Å². The van der Waals surface area contributed by atoms with Gasteiger partial charge in [0.05, 0.1) is 6.61 Å². The Bertz CT molecular complexity index is 749. The average Bonchev–Trinajstić information content (AvgIpc) is 2.43. The summed E-state index contributed by atoms with van der Waals surface area (Å²) in [6.45, 7) is -0.173. The van der Waals surface area contributed by atoms with E-state index < -0.39 is 23.4 Å². The molecule has 0 bridgehead atoms. The Kier molecular flexibility index (Phi) is 4.32. The molecule has 1 aromatic carbocycles. The van der Waals surface area contributed by atoms with Crippen molar-refractivity contribution in [3.63, 3.8) is 0 Å². The minimum Gasteiger partial charge on any atom is -0.550 e. The standard InChI is InChI=1S/C14H11FO6/c15-9-3-4-11-8(6-9)7-10(14(19)21-11)13(18)20-5-1-2-12(16)17/h3-4,6-7H,1-2,5H2,(H,16,17)/p-1. The molecule has 0 spiro atoms. The van der Waals surface area contributed by atoms with Crippen molar-refractivity contribution in [2.75, 3.05) is 6.61 Å². The Labute approximate surface area is 117 Å². The van der Waals surface area contributed by atoms with Crippen LogP contribution in [0.4, 0.5) is 4.39 Å². The summed E-state index contributed by atoms with van der Waals surface area (Å²) < 4.78 is 22.7. The highest BCUT2D eigenvalue weighted by Crippen LogP contribution is 2.15. The number of esters is 1. The number of halogens is 1. The summed E-state index contributed by atoms with van der Waals surface area (Å²) in [6, 6.07) is 4.70. The van der Waals surface area contributed by atoms with E-state index in [9.17, 15) is 23.9 Å². The Morgan fingerprint density at radius 2 is 2.05 bits per heavy atom. The predicted molar refractivity (Wildman–Crippen MR) is 67.0 cm³/mol. The van der Waals surface area contributed by atoms with Gasteiger partial charge in [0.25, 0.3) is 0 Å². The first-order valence-corrected chi connectivity index (χ1v) is 6.08. The fourth-order valence-electron chi connectivity index (χ4n) is 1.70. The van der Waals surface area contributed by atoms with Crippen molar-refractivity contribution in [3.8, 4) is 0 Å². The first-order chi connectivity index (χ1) is 9.97. The molecule has 0 radical (unpaired) electrons. The Hall–Kier alpha value is -2.70. The molecule has 6 nitrogen and oxygen atoms in total. The molecule has 21 heavy (non-hydrogen) atoms. The SMILES string of the molecule is O=C([O-])CCCOC(=O)c1cc2cc(F)ccc2oc1=O. The van der Waals surface area contributed by atoms with Crippen molar-refractivity contribution in [1.82, 2.24) is 0 Å². The van der Waals surface area contributed by atoms with Gasteiger partial charge in [-0.2, -0.15) is 0 Å². The molecular formula is C14H10FO6-. The molecule has 0 atom stereocenters. The molecular weight excluding hydrogens is 283 g/mol. The van der Waals surface area contributed by atoms with E-state index in [4.69, 9.17) is 9.15 Å². The maximum absolute atomic E-state index is 13.1. The second-order valence-electron chi connectivity index (χ2n) is 4.24. The summed E-state index contributed by atoms with van der Waals surface area (Å²) in [5.74, 6) is -2.75. The first kappa shape index (κ1) is 14.7. The average molecular weight is 293 g/mol. The van der Waals surface area contributed by atoms with Crippen LogP contribution in [-0.4, -0.2) is 18.5 Å². The molecule has 1 heterocycles. The van der Waals surface area contributed by atoms with Crippen molar-refractivity contribution >= 4 is 22.9 Å². The van der Waals surface area contributed by atoms with E-state index in [2.05, 4.69) is 0 Å². The molecule has 0 saturated heterocycles. The van der Waals surface area contributed by atoms with E-state index in [0.717, 1.165) is 12.1 Å². The third-order valence-electron chi connectivity index (χ3n) is 2.67. The third-order valence-corrected chi connectivity index (χ3v) is 2.67. The Morgan fingerprint density at radius 1 is 1.29 bits per heavy atom. The van der Waals surface area contributed by atoms with Crippen LogP contribution >= 0.6 is 0 Å². The number of carboxylic acids is 1.